The molecule has 112 valence electrons. The zero-order valence-electron chi connectivity index (χ0n) is 12.2. The molecular weight excluding hydrogens is 280 g/mol. The van der Waals surface area contributed by atoms with Gasteiger partial charge in [-0.1, -0.05) is 55.1 Å². The van der Waals surface area contributed by atoms with E-state index in [1.165, 1.54) is 6.07 Å². The second-order valence-electron chi connectivity index (χ2n) is 4.75. The van der Waals surface area contributed by atoms with Gasteiger partial charge in [0.05, 0.1) is 11.8 Å². The number of ketones is 1. The van der Waals surface area contributed by atoms with E-state index in [-0.39, 0.29) is 11.1 Å². The van der Waals surface area contributed by atoms with Gasteiger partial charge in [0.1, 0.15) is 6.10 Å². The molecule has 2 aromatic rings. The Morgan fingerprint density at radius 3 is 2.45 bits per heavy atom. The highest BCUT2D eigenvalue weighted by Crippen LogP contribution is 2.23. The summed E-state index contributed by atoms with van der Waals surface area (Å²) >= 11 is 0. The van der Waals surface area contributed by atoms with Gasteiger partial charge >= 0.3 is 5.97 Å². The minimum atomic E-state index is -1.33. The van der Waals surface area contributed by atoms with Crippen molar-refractivity contribution in [2.24, 2.45) is 0 Å². The Bertz CT molecular complexity index is 704. The van der Waals surface area contributed by atoms with Crippen LogP contribution in [0.1, 0.15) is 37.9 Å². The zero-order chi connectivity index (χ0) is 16.1. The van der Waals surface area contributed by atoms with E-state index < -0.39 is 17.9 Å². The van der Waals surface area contributed by atoms with Crippen LogP contribution in [0.3, 0.4) is 0 Å². The van der Waals surface area contributed by atoms with Gasteiger partial charge in [-0.15, -0.1) is 0 Å². The third kappa shape index (κ3) is 3.13. The third-order valence-electron chi connectivity index (χ3n) is 3.30. The molecule has 0 aliphatic carbocycles. The fourth-order valence-corrected chi connectivity index (χ4v) is 2.21. The predicted octanol–water partition coefficient (Wildman–Crippen LogP) is 3.21. The Kier molecular flexibility index (Phi) is 4.86. The molecule has 2 aromatic carbocycles. The molecule has 0 saturated carbocycles. The highest BCUT2D eigenvalue weighted by atomic mass is 16.5. The number of carbonyl (C=O) groups is 2. The molecule has 0 amide bonds. The van der Waals surface area contributed by atoms with Crippen molar-refractivity contribution < 1.29 is 19.4 Å². The smallest absolute Gasteiger partial charge is 0.343 e. The lowest BCUT2D eigenvalue weighted by Crippen LogP contribution is -2.18. The first-order chi connectivity index (χ1) is 10.6. The van der Waals surface area contributed by atoms with Gasteiger partial charge in [-0.25, -0.2) is 4.79 Å². The average molecular weight is 296 g/mol. The number of carbonyl (C=O) groups excluding carboxylic acids is 2. The number of hydrogen-bond donors (Lipinski definition) is 1. The summed E-state index contributed by atoms with van der Waals surface area (Å²) in [6.45, 7) is 5.04. The second kappa shape index (κ2) is 6.83. The average Bonchev–Trinajstić information content (AvgIpc) is 2.54. The predicted molar refractivity (Wildman–Crippen MR) is 82.5 cm³/mol. The summed E-state index contributed by atoms with van der Waals surface area (Å²) in [4.78, 5) is 24.6. The molecule has 0 spiro atoms. The molecule has 4 nitrogen and oxygen atoms in total. The van der Waals surface area contributed by atoms with Crippen molar-refractivity contribution in [3.63, 3.8) is 0 Å². The molecule has 1 unspecified atom stereocenters. The van der Waals surface area contributed by atoms with Crippen LogP contribution in [-0.2, 0) is 4.74 Å². The maximum atomic E-state index is 12.5. The first-order valence-electron chi connectivity index (χ1n) is 6.75. The summed E-state index contributed by atoms with van der Waals surface area (Å²) in [5, 5.41) is 10.2. The van der Waals surface area contributed by atoms with Crippen LogP contribution in [0.4, 0.5) is 0 Å². The minimum absolute atomic E-state index is 0.128. The lowest BCUT2D eigenvalue weighted by Gasteiger charge is -2.14. The summed E-state index contributed by atoms with van der Waals surface area (Å²) in [7, 11) is 0. The Balaban J connectivity index is 2.44. The van der Waals surface area contributed by atoms with Crippen molar-refractivity contribution in [3.05, 3.63) is 83.6 Å². The Hall–Kier alpha value is -2.72. The molecule has 0 fully saturated rings. The summed E-state index contributed by atoms with van der Waals surface area (Å²) < 4.78 is 4.78. The zero-order valence-corrected chi connectivity index (χ0v) is 12.2. The van der Waals surface area contributed by atoms with Crippen molar-refractivity contribution >= 4 is 11.8 Å². The van der Waals surface area contributed by atoms with Gasteiger partial charge < -0.3 is 9.84 Å². The van der Waals surface area contributed by atoms with E-state index in [1.807, 2.05) is 0 Å². The molecule has 0 aromatic heterocycles. The van der Waals surface area contributed by atoms with E-state index in [0.717, 1.165) is 6.26 Å². The summed E-state index contributed by atoms with van der Waals surface area (Å²) in [6.07, 6.45) is -0.324. The number of ether oxygens (including phenoxy) is 1. The molecule has 4 heteroatoms. The van der Waals surface area contributed by atoms with Crippen molar-refractivity contribution in [1.29, 1.82) is 0 Å². The number of aryl methyl sites for hydroxylation is 1. The molecule has 1 atom stereocenters. The number of benzene rings is 2. The number of esters is 1. The Labute approximate surface area is 128 Å². The van der Waals surface area contributed by atoms with Gasteiger partial charge in [-0.2, -0.15) is 0 Å². The SMILES string of the molecule is C=COC(=O)c1c(C)cccc1C(=O)C(O)c1ccccc1. The van der Waals surface area contributed by atoms with Gasteiger partial charge in [0.15, 0.2) is 5.78 Å². The van der Waals surface area contributed by atoms with Crippen LogP contribution >= 0.6 is 0 Å². The van der Waals surface area contributed by atoms with Crippen LogP contribution in [0.2, 0.25) is 0 Å². The van der Waals surface area contributed by atoms with E-state index in [0.29, 0.717) is 11.1 Å². The van der Waals surface area contributed by atoms with Gasteiger partial charge in [-0.05, 0) is 18.1 Å². The first kappa shape index (κ1) is 15.7. The van der Waals surface area contributed by atoms with Crippen LogP contribution in [0.15, 0.2) is 61.4 Å². The van der Waals surface area contributed by atoms with Crippen molar-refractivity contribution in [2.75, 3.05) is 0 Å². The standard InChI is InChI=1S/C18H16O4/c1-3-22-18(21)15-12(2)8-7-11-14(15)17(20)16(19)13-9-5-4-6-10-13/h3-11,16,19H,1H2,2H3. The normalized spacial score (nSPS) is 11.5. The fourth-order valence-electron chi connectivity index (χ4n) is 2.21. The number of rotatable bonds is 5. The minimum Gasteiger partial charge on any atom is -0.432 e. The quantitative estimate of drug-likeness (QED) is 0.523. The largest absolute Gasteiger partial charge is 0.432 e. The Morgan fingerprint density at radius 2 is 1.82 bits per heavy atom. The van der Waals surface area contributed by atoms with Crippen molar-refractivity contribution in [3.8, 4) is 0 Å². The van der Waals surface area contributed by atoms with E-state index in [9.17, 15) is 14.7 Å². The van der Waals surface area contributed by atoms with E-state index in [1.54, 1.807) is 49.4 Å². The Morgan fingerprint density at radius 1 is 1.14 bits per heavy atom. The van der Waals surface area contributed by atoms with E-state index >= 15 is 0 Å². The molecule has 0 heterocycles. The number of hydrogen-bond acceptors (Lipinski definition) is 4. The van der Waals surface area contributed by atoms with Gasteiger partial charge in [0.25, 0.3) is 0 Å². The van der Waals surface area contributed by atoms with Crippen molar-refractivity contribution in [1.82, 2.24) is 0 Å². The van der Waals surface area contributed by atoms with Gasteiger partial charge in [0, 0.05) is 5.56 Å². The maximum Gasteiger partial charge on any atom is 0.343 e. The summed E-state index contributed by atoms with van der Waals surface area (Å²) in [5.41, 5.74) is 1.33. The molecule has 0 saturated heterocycles. The van der Waals surface area contributed by atoms with Gasteiger partial charge in [-0.3, -0.25) is 4.79 Å². The molecule has 0 aliphatic rings. The highest BCUT2D eigenvalue weighted by Gasteiger charge is 2.25. The summed E-state index contributed by atoms with van der Waals surface area (Å²) in [5.74, 6) is -1.22. The molecular formula is C18H16O4. The highest BCUT2D eigenvalue weighted by molar-refractivity contribution is 6.09. The number of aliphatic hydroxyl groups excluding tert-OH is 1. The number of aliphatic hydroxyl groups is 1. The van der Waals surface area contributed by atoms with Gasteiger partial charge in [0.2, 0.25) is 0 Å². The van der Waals surface area contributed by atoms with Crippen LogP contribution in [-0.4, -0.2) is 16.9 Å². The molecule has 1 N–H and O–H groups in total. The van der Waals surface area contributed by atoms with Crippen LogP contribution < -0.4 is 0 Å². The molecule has 22 heavy (non-hydrogen) atoms. The lowest BCUT2D eigenvalue weighted by molar-refractivity contribution is 0.0648. The maximum absolute atomic E-state index is 12.5. The van der Waals surface area contributed by atoms with Crippen LogP contribution in [0.25, 0.3) is 0 Å². The van der Waals surface area contributed by atoms with Crippen LogP contribution in [0.5, 0.6) is 0 Å². The van der Waals surface area contributed by atoms with Crippen LogP contribution in [0, 0.1) is 6.92 Å². The topological polar surface area (TPSA) is 63.6 Å². The molecule has 0 aliphatic heterocycles. The number of Topliss-reactive ketones (excluding diaryl/α,β-unsaturated/α-hetero) is 1. The molecule has 0 bridgehead atoms. The second-order valence-corrected chi connectivity index (χ2v) is 4.75. The fraction of sp³-hybridized carbons (Fsp3) is 0.111. The van der Waals surface area contributed by atoms with E-state index in [2.05, 4.69) is 6.58 Å². The lowest BCUT2D eigenvalue weighted by atomic mass is 9.93. The summed E-state index contributed by atoms with van der Waals surface area (Å²) in [6, 6.07) is 13.4. The first-order valence-corrected chi connectivity index (χ1v) is 6.75. The van der Waals surface area contributed by atoms with Crippen molar-refractivity contribution in [2.45, 2.75) is 13.0 Å². The van der Waals surface area contributed by atoms with E-state index in [4.69, 9.17) is 4.74 Å². The molecule has 0 radical (unpaired) electrons. The monoisotopic (exact) mass is 296 g/mol. The molecule has 2 rings (SSSR count). The third-order valence-corrected chi connectivity index (χ3v) is 3.30.